The number of ether oxygens (including phenoxy) is 1. The highest BCUT2D eigenvalue weighted by Gasteiger charge is 2.20. The molecule has 156 valence electrons. The van der Waals surface area contributed by atoms with Crippen molar-refractivity contribution in [2.75, 3.05) is 5.32 Å². The van der Waals surface area contributed by atoms with Gasteiger partial charge in [-0.2, -0.15) is 0 Å². The van der Waals surface area contributed by atoms with E-state index >= 15 is 0 Å². The van der Waals surface area contributed by atoms with Gasteiger partial charge in [-0.25, -0.2) is 13.6 Å². The lowest BCUT2D eigenvalue weighted by Crippen LogP contribution is -2.13. The van der Waals surface area contributed by atoms with Gasteiger partial charge in [0.1, 0.15) is 16.4 Å². The number of rotatable bonds is 5. The van der Waals surface area contributed by atoms with Gasteiger partial charge < -0.3 is 10.1 Å². The number of primary sulfonamides is 1. The van der Waals surface area contributed by atoms with E-state index in [0.29, 0.717) is 21.9 Å². The van der Waals surface area contributed by atoms with Crippen molar-refractivity contribution in [1.82, 2.24) is 0 Å². The number of hydrogen-bond donors (Lipinski definition) is 2. The van der Waals surface area contributed by atoms with Gasteiger partial charge in [0.25, 0.3) is 0 Å². The molecule has 3 rings (SSSR count). The third-order valence-electron chi connectivity index (χ3n) is 3.98. The van der Waals surface area contributed by atoms with Gasteiger partial charge in [0.05, 0.1) is 15.7 Å². The summed E-state index contributed by atoms with van der Waals surface area (Å²) in [4.78, 5) is 11.2. The smallest absolute Gasteiger partial charge is 0.241 e. The molecule has 0 atom stereocenters. The molecule has 0 aliphatic heterocycles. The van der Waals surface area contributed by atoms with Crippen molar-refractivity contribution < 1.29 is 17.9 Å². The first-order valence-corrected chi connectivity index (χ1v) is 11.1. The fraction of sp³-hybridized carbons (Fsp3) is 0.0500. The fourth-order valence-corrected chi connectivity index (χ4v) is 4.14. The second-order valence-corrected chi connectivity index (χ2v) is 8.98. The molecule has 0 fully saturated rings. The highest BCUT2D eigenvalue weighted by molar-refractivity contribution is 7.89. The van der Waals surface area contributed by atoms with E-state index in [9.17, 15) is 13.2 Å². The van der Waals surface area contributed by atoms with Crippen LogP contribution in [0.3, 0.4) is 0 Å². The van der Waals surface area contributed by atoms with Crippen LogP contribution >= 0.6 is 34.8 Å². The number of sulfonamides is 1. The average Bonchev–Trinajstić information content (AvgIpc) is 2.65. The molecule has 0 saturated heterocycles. The maximum atomic E-state index is 12.2. The summed E-state index contributed by atoms with van der Waals surface area (Å²) >= 11 is 18.5. The second-order valence-electron chi connectivity index (χ2n) is 6.23. The summed E-state index contributed by atoms with van der Waals surface area (Å²) in [6.45, 7) is 1.32. The Balaban J connectivity index is 2.12. The highest BCUT2D eigenvalue weighted by Crippen LogP contribution is 2.41. The molecule has 6 nitrogen and oxygen atoms in total. The quantitative estimate of drug-likeness (QED) is 0.483. The number of halogens is 3. The van der Waals surface area contributed by atoms with E-state index in [1.807, 2.05) is 0 Å². The van der Waals surface area contributed by atoms with Gasteiger partial charge in [-0.15, -0.1) is 0 Å². The Morgan fingerprint density at radius 2 is 1.77 bits per heavy atom. The van der Waals surface area contributed by atoms with Crippen molar-refractivity contribution in [3.8, 4) is 22.6 Å². The summed E-state index contributed by atoms with van der Waals surface area (Å²) in [6.07, 6.45) is 0. The van der Waals surface area contributed by atoms with E-state index in [1.165, 1.54) is 25.1 Å². The van der Waals surface area contributed by atoms with E-state index in [0.717, 1.165) is 0 Å². The summed E-state index contributed by atoms with van der Waals surface area (Å²) in [5.41, 5.74) is 1.11. The van der Waals surface area contributed by atoms with Crippen molar-refractivity contribution >= 4 is 56.4 Å². The Morgan fingerprint density at radius 3 is 2.40 bits per heavy atom. The molecule has 0 radical (unpaired) electrons. The zero-order chi connectivity index (χ0) is 22.1. The molecule has 0 heterocycles. The van der Waals surface area contributed by atoms with Gasteiger partial charge >= 0.3 is 0 Å². The van der Waals surface area contributed by atoms with Gasteiger partial charge in [0.2, 0.25) is 15.9 Å². The van der Waals surface area contributed by atoms with Crippen molar-refractivity contribution in [2.45, 2.75) is 11.8 Å². The lowest BCUT2D eigenvalue weighted by molar-refractivity contribution is -0.114. The van der Waals surface area contributed by atoms with Gasteiger partial charge in [0, 0.05) is 17.5 Å². The number of hydrogen-bond acceptors (Lipinski definition) is 4. The van der Waals surface area contributed by atoms with Crippen LogP contribution in [-0.2, 0) is 14.8 Å². The standard InChI is InChI=1S/C20H15Cl3N2O4S/c1-11(26)25-20-16(22)7-6-15(19(20)23)12-5-8-17(18(9-12)30(24,27)28)29-14-4-2-3-13(21)10-14/h2-10H,1H3,(H,25,26)(H2,24,27,28). The summed E-state index contributed by atoms with van der Waals surface area (Å²) < 4.78 is 30.1. The lowest BCUT2D eigenvalue weighted by Gasteiger charge is -2.15. The van der Waals surface area contributed by atoms with Crippen LogP contribution in [0.5, 0.6) is 11.5 Å². The van der Waals surface area contributed by atoms with Crippen molar-refractivity contribution in [2.24, 2.45) is 5.14 Å². The van der Waals surface area contributed by atoms with E-state index in [4.69, 9.17) is 44.7 Å². The molecule has 3 aromatic carbocycles. The van der Waals surface area contributed by atoms with Crippen LogP contribution in [-0.4, -0.2) is 14.3 Å². The summed E-state index contributed by atoms with van der Waals surface area (Å²) in [7, 11) is -4.14. The highest BCUT2D eigenvalue weighted by atomic mass is 35.5. The number of amides is 1. The van der Waals surface area contributed by atoms with Crippen LogP contribution in [0.15, 0.2) is 59.5 Å². The fourth-order valence-electron chi connectivity index (χ4n) is 2.71. The van der Waals surface area contributed by atoms with E-state index in [1.54, 1.807) is 36.4 Å². The predicted molar refractivity (Wildman–Crippen MR) is 119 cm³/mol. The molecule has 30 heavy (non-hydrogen) atoms. The summed E-state index contributed by atoms with van der Waals surface area (Å²) in [5.74, 6) is 0.0137. The zero-order valence-corrected chi connectivity index (χ0v) is 18.5. The molecule has 0 spiro atoms. The number of carbonyl (C=O) groups excluding carboxylic acids is 1. The number of anilines is 1. The number of benzene rings is 3. The minimum absolute atomic E-state index is 0.0238. The van der Waals surface area contributed by atoms with Crippen LogP contribution in [0.1, 0.15) is 6.92 Å². The summed E-state index contributed by atoms with van der Waals surface area (Å²) in [6, 6.07) is 14.0. The van der Waals surface area contributed by atoms with Gasteiger partial charge in [-0.05, 0) is 42.0 Å². The van der Waals surface area contributed by atoms with E-state index < -0.39 is 10.0 Å². The largest absolute Gasteiger partial charge is 0.456 e. The minimum Gasteiger partial charge on any atom is -0.456 e. The van der Waals surface area contributed by atoms with Gasteiger partial charge in [-0.1, -0.05) is 53.0 Å². The zero-order valence-electron chi connectivity index (χ0n) is 15.4. The monoisotopic (exact) mass is 484 g/mol. The Labute approximate surface area is 188 Å². The number of nitrogens with one attached hydrogen (secondary N) is 1. The van der Waals surface area contributed by atoms with Gasteiger partial charge in [-0.3, -0.25) is 4.79 Å². The molecule has 0 aliphatic carbocycles. The Bertz CT molecular complexity index is 1250. The minimum atomic E-state index is -4.14. The Kier molecular flexibility index (Phi) is 6.59. The molecule has 3 N–H and O–H groups in total. The SMILES string of the molecule is CC(=O)Nc1c(Cl)ccc(-c2ccc(Oc3cccc(Cl)c3)c(S(N)(=O)=O)c2)c1Cl. The number of carbonyl (C=O) groups is 1. The molecule has 0 aromatic heterocycles. The third kappa shape index (κ3) is 5.06. The van der Waals surface area contributed by atoms with E-state index in [-0.39, 0.29) is 32.3 Å². The molecular formula is C20H15Cl3N2O4S. The second kappa shape index (κ2) is 8.83. The third-order valence-corrected chi connectivity index (χ3v) is 5.85. The van der Waals surface area contributed by atoms with Crippen molar-refractivity contribution in [1.29, 1.82) is 0 Å². The Morgan fingerprint density at radius 1 is 1.03 bits per heavy atom. The normalized spacial score (nSPS) is 11.2. The van der Waals surface area contributed by atoms with E-state index in [2.05, 4.69) is 5.32 Å². The van der Waals surface area contributed by atoms with Crippen LogP contribution in [0.4, 0.5) is 5.69 Å². The maximum Gasteiger partial charge on any atom is 0.241 e. The van der Waals surface area contributed by atoms with Crippen LogP contribution in [0.2, 0.25) is 15.1 Å². The molecule has 10 heteroatoms. The molecule has 0 aliphatic rings. The molecular weight excluding hydrogens is 471 g/mol. The predicted octanol–water partition coefficient (Wildman–Crippen LogP) is 5.71. The van der Waals surface area contributed by atoms with Crippen LogP contribution in [0, 0.1) is 0 Å². The first kappa shape index (κ1) is 22.4. The number of nitrogens with two attached hydrogens (primary N) is 1. The molecule has 1 amide bonds. The van der Waals surface area contributed by atoms with Crippen molar-refractivity contribution in [3.63, 3.8) is 0 Å². The molecule has 3 aromatic rings. The average molecular weight is 486 g/mol. The maximum absolute atomic E-state index is 12.2. The first-order chi connectivity index (χ1) is 14.1. The van der Waals surface area contributed by atoms with Crippen LogP contribution < -0.4 is 15.2 Å². The topological polar surface area (TPSA) is 98.5 Å². The Hall–Kier alpha value is -2.29. The van der Waals surface area contributed by atoms with Crippen LogP contribution in [0.25, 0.3) is 11.1 Å². The molecule has 0 bridgehead atoms. The first-order valence-electron chi connectivity index (χ1n) is 8.42. The summed E-state index contributed by atoms with van der Waals surface area (Å²) in [5, 5.41) is 8.79. The lowest BCUT2D eigenvalue weighted by atomic mass is 10.0. The van der Waals surface area contributed by atoms with Crippen molar-refractivity contribution in [3.05, 3.63) is 69.7 Å². The molecule has 0 saturated carbocycles. The molecule has 0 unspecified atom stereocenters. The van der Waals surface area contributed by atoms with Gasteiger partial charge in [0.15, 0.2) is 0 Å².